The molecule has 0 spiro atoms. The van der Waals surface area contributed by atoms with Crippen LogP contribution in [0.1, 0.15) is 36.1 Å². The molecule has 0 radical (unpaired) electrons. The van der Waals surface area contributed by atoms with Gasteiger partial charge in [0.1, 0.15) is 0 Å². The Morgan fingerprint density at radius 3 is 3.04 bits per heavy atom. The van der Waals surface area contributed by atoms with Crippen molar-refractivity contribution in [2.45, 2.75) is 32.4 Å². The minimum atomic E-state index is -0.103. The molecule has 7 nitrogen and oxygen atoms in total. The second-order valence-electron chi connectivity index (χ2n) is 6.42. The molecule has 0 bridgehead atoms. The van der Waals surface area contributed by atoms with Crippen LogP contribution >= 0.6 is 15.9 Å². The first-order valence-electron chi connectivity index (χ1n) is 8.17. The standard InChI is InChI=1S/C17H15BrN6O/c1-9-14-7-24-17(21-16(22-24)12-3-5-15(25)20-12)11-6-10(18)2-4-13(11)23(14)8-19-9/h2,4,6,8,12H,3,5,7H2,1H3,(H,20,25)/t12-/m0/s1. The van der Waals surface area contributed by atoms with Crippen LogP contribution in [-0.2, 0) is 11.3 Å². The van der Waals surface area contributed by atoms with E-state index in [4.69, 9.17) is 10.1 Å². The molecule has 2 aliphatic rings. The quantitative estimate of drug-likeness (QED) is 0.534. The van der Waals surface area contributed by atoms with Crippen molar-refractivity contribution in [2.75, 3.05) is 0 Å². The van der Waals surface area contributed by atoms with E-state index in [0.717, 1.165) is 39.4 Å². The number of benzene rings is 1. The van der Waals surface area contributed by atoms with E-state index >= 15 is 0 Å². The maximum Gasteiger partial charge on any atom is 0.220 e. The Bertz CT molecular complexity index is 1020. The number of rotatable bonds is 1. The van der Waals surface area contributed by atoms with Crippen molar-refractivity contribution in [3.8, 4) is 17.1 Å². The van der Waals surface area contributed by atoms with Crippen molar-refractivity contribution in [2.24, 2.45) is 0 Å². The Hall–Kier alpha value is -2.48. The molecule has 1 amide bonds. The molecule has 0 saturated carbocycles. The number of imidazole rings is 1. The van der Waals surface area contributed by atoms with E-state index in [0.29, 0.717) is 18.8 Å². The zero-order valence-electron chi connectivity index (χ0n) is 13.5. The summed E-state index contributed by atoms with van der Waals surface area (Å²) in [6.45, 7) is 2.60. The summed E-state index contributed by atoms with van der Waals surface area (Å²) >= 11 is 3.55. The van der Waals surface area contributed by atoms with Gasteiger partial charge in [-0.25, -0.2) is 14.6 Å². The van der Waals surface area contributed by atoms with Crippen LogP contribution in [0.15, 0.2) is 29.0 Å². The van der Waals surface area contributed by atoms with Crippen molar-refractivity contribution >= 4 is 21.8 Å². The second kappa shape index (κ2) is 5.26. The van der Waals surface area contributed by atoms with Gasteiger partial charge in [0.05, 0.1) is 36.0 Å². The van der Waals surface area contributed by atoms with Gasteiger partial charge >= 0.3 is 0 Å². The first kappa shape index (κ1) is 14.8. The third kappa shape index (κ3) is 2.24. The molecule has 8 heteroatoms. The van der Waals surface area contributed by atoms with Crippen LogP contribution in [0.2, 0.25) is 0 Å². The number of fused-ring (bicyclic) bond motifs is 5. The third-order valence-corrected chi connectivity index (χ3v) is 5.32. The Morgan fingerprint density at radius 2 is 2.24 bits per heavy atom. The number of nitrogens with one attached hydrogen (secondary N) is 1. The Morgan fingerprint density at radius 1 is 1.36 bits per heavy atom. The highest BCUT2D eigenvalue weighted by atomic mass is 79.9. The van der Waals surface area contributed by atoms with Crippen molar-refractivity contribution < 1.29 is 4.79 Å². The molecule has 4 heterocycles. The number of carbonyl (C=O) groups is 1. The number of hydrogen-bond acceptors (Lipinski definition) is 4. The van der Waals surface area contributed by atoms with E-state index in [2.05, 4.69) is 42.9 Å². The van der Waals surface area contributed by atoms with Crippen molar-refractivity contribution in [3.63, 3.8) is 0 Å². The predicted molar refractivity (Wildman–Crippen MR) is 94.2 cm³/mol. The topological polar surface area (TPSA) is 77.6 Å². The summed E-state index contributed by atoms with van der Waals surface area (Å²) < 4.78 is 5.00. The number of halogens is 1. The van der Waals surface area contributed by atoms with E-state index in [9.17, 15) is 4.79 Å². The monoisotopic (exact) mass is 398 g/mol. The molecule has 1 atom stereocenters. The van der Waals surface area contributed by atoms with Gasteiger partial charge in [0.2, 0.25) is 5.91 Å². The van der Waals surface area contributed by atoms with Gasteiger partial charge in [-0.1, -0.05) is 15.9 Å². The number of carbonyl (C=O) groups excluding carboxylic acids is 1. The van der Waals surface area contributed by atoms with Gasteiger partial charge in [-0.3, -0.25) is 4.79 Å². The lowest BCUT2D eigenvalue weighted by atomic mass is 10.1. The zero-order valence-corrected chi connectivity index (χ0v) is 15.1. The van der Waals surface area contributed by atoms with Crippen LogP contribution in [0.5, 0.6) is 0 Å². The summed E-state index contributed by atoms with van der Waals surface area (Å²) in [4.78, 5) is 20.8. The fourth-order valence-electron chi connectivity index (χ4n) is 3.52. The number of aromatic nitrogens is 5. The molecule has 126 valence electrons. The van der Waals surface area contributed by atoms with Crippen LogP contribution in [-0.4, -0.2) is 30.2 Å². The highest BCUT2D eigenvalue weighted by Crippen LogP contribution is 2.34. The molecule has 2 aromatic heterocycles. The molecule has 1 N–H and O–H groups in total. The molecule has 5 rings (SSSR count). The Kier molecular flexibility index (Phi) is 3.12. The number of hydrogen-bond donors (Lipinski definition) is 1. The summed E-state index contributed by atoms with van der Waals surface area (Å²) in [6, 6.07) is 6.03. The van der Waals surface area contributed by atoms with E-state index in [1.165, 1.54) is 0 Å². The summed E-state index contributed by atoms with van der Waals surface area (Å²) in [5, 5.41) is 7.66. The number of nitrogens with zero attached hydrogens (tertiary/aromatic N) is 5. The van der Waals surface area contributed by atoms with Gasteiger partial charge in [-0.15, -0.1) is 0 Å². The maximum atomic E-state index is 11.6. The molecule has 2 aliphatic heterocycles. The minimum Gasteiger partial charge on any atom is -0.346 e. The molecule has 25 heavy (non-hydrogen) atoms. The molecular formula is C17H15BrN6O. The van der Waals surface area contributed by atoms with E-state index in [-0.39, 0.29) is 11.9 Å². The minimum absolute atomic E-state index is 0.0621. The molecular weight excluding hydrogens is 384 g/mol. The molecule has 0 aliphatic carbocycles. The first-order valence-corrected chi connectivity index (χ1v) is 8.96. The van der Waals surface area contributed by atoms with Crippen molar-refractivity contribution in [1.82, 2.24) is 29.6 Å². The van der Waals surface area contributed by atoms with E-state index < -0.39 is 0 Å². The van der Waals surface area contributed by atoms with Crippen LogP contribution in [0, 0.1) is 6.92 Å². The van der Waals surface area contributed by atoms with Crippen LogP contribution in [0.3, 0.4) is 0 Å². The first-order chi connectivity index (χ1) is 12.1. The average Bonchev–Trinajstić information content (AvgIpc) is 3.27. The van der Waals surface area contributed by atoms with Crippen molar-refractivity contribution in [3.05, 3.63) is 46.2 Å². The lowest BCUT2D eigenvalue weighted by Gasteiger charge is -2.09. The number of aryl methyl sites for hydroxylation is 1. The Labute approximate surface area is 152 Å². The molecule has 1 saturated heterocycles. The van der Waals surface area contributed by atoms with E-state index in [1.807, 2.05) is 24.0 Å². The summed E-state index contributed by atoms with van der Waals surface area (Å²) in [7, 11) is 0. The van der Waals surface area contributed by atoms with Gasteiger partial charge in [-0.05, 0) is 31.5 Å². The SMILES string of the molecule is Cc1ncn2c1Cn1nc([C@@H]3CCC(=O)N3)nc1-c1cc(Br)ccc1-2. The van der Waals surface area contributed by atoms with Crippen LogP contribution < -0.4 is 5.32 Å². The molecule has 1 fully saturated rings. The largest absolute Gasteiger partial charge is 0.346 e. The van der Waals surface area contributed by atoms with Crippen molar-refractivity contribution in [1.29, 1.82) is 0 Å². The van der Waals surface area contributed by atoms with Gasteiger partial charge in [0, 0.05) is 16.5 Å². The second-order valence-corrected chi connectivity index (χ2v) is 7.33. The lowest BCUT2D eigenvalue weighted by Crippen LogP contribution is -2.19. The normalized spacial score (nSPS) is 18.3. The molecule has 1 aromatic carbocycles. The summed E-state index contributed by atoms with van der Waals surface area (Å²) in [6.07, 6.45) is 3.12. The highest BCUT2D eigenvalue weighted by molar-refractivity contribution is 9.10. The van der Waals surface area contributed by atoms with Crippen LogP contribution in [0.25, 0.3) is 17.1 Å². The summed E-state index contributed by atoms with van der Waals surface area (Å²) in [5.41, 5.74) is 4.10. The Balaban J connectivity index is 1.72. The molecule has 3 aromatic rings. The van der Waals surface area contributed by atoms with Gasteiger partial charge in [0.15, 0.2) is 11.6 Å². The lowest BCUT2D eigenvalue weighted by molar-refractivity contribution is -0.119. The fraction of sp³-hybridized carbons (Fsp3) is 0.294. The van der Waals surface area contributed by atoms with Crippen LogP contribution in [0.4, 0.5) is 0 Å². The fourth-order valence-corrected chi connectivity index (χ4v) is 3.89. The van der Waals surface area contributed by atoms with Gasteiger partial charge in [-0.2, -0.15) is 5.10 Å². The van der Waals surface area contributed by atoms with Gasteiger partial charge < -0.3 is 9.88 Å². The smallest absolute Gasteiger partial charge is 0.220 e. The highest BCUT2D eigenvalue weighted by Gasteiger charge is 2.29. The number of amides is 1. The van der Waals surface area contributed by atoms with Gasteiger partial charge in [0.25, 0.3) is 0 Å². The molecule has 0 unspecified atom stereocenters. The summed E-state index contributed by atoms with van der Waals surface area (Å²) in [5.74, 6) is 1.56. The average molecular weight is 399 g/mol. The predicted octanol–water partition coefficient (Wildman–Crippen LogP) is 2.51. The zero-order chi connectivity index (χ0) is 17.1. The maximum absolute atomic E-state index is 11.6. The third-order valence-electron chi connectivity index (χ3n) is 4.83. The van der Waals surface area contributed by atoms with E-state index in [1.54, 1.807) is 0 Å².